The molecule has 2 heterocycles. The van der Waals surface area contributed by atoms with E-state index in [1.165, 1.54) is 0 Å². The van der Waals surface area contributed by atoms with E-state index >= 15 is 0 Å². The van der Waals surface area contributed by atoms with Gasteiger partial charge in [-0.25, -0.2) is 9.78 Å². The molecule has 1 aromatic heterocycles. The third-order valence-corrected chi connectivity index (χ3v) is 4.89. The number of hydrogen-bond acceptors (Lipinski definition) is 5. The number of carbonyl (C=O) groups is 1. The number of likely N-dealkylation sites (tertiary alicyclic amines) is 1. The van der Waals surface area contributed by atoms with Crippen molar-refractivity contribution in [2.24, 2.45) is 0 Å². The van der Waals surface area contributed by atoms with Crippen molar-refractivity contribution in [1.82, 2.24) is 14.8 Å². The van der Waals surface area contributed by atoms with Crippen LogP contribution < -0.4 is 0 Å². The summed E-state index contributed by atoms with van der Waals surface area (Å²) in [5.74, 6) is 5.76. The molecule has 1 saturated heterocycles. The minimum absolute atomic E-state index is 0.0971. The number of pyridine rings is 1. The Morgan fingerprint density at radius 3 is 2.52 bits per heavy atom. The van der Waals surface area contributed by atoms with Crippen molar-refractivity contribution in [2.75, 3.05) is 13.1 Å². The van der Waals surface area contributed by atoms with Gasteiger partial charge in [0.25, 0.3) is 0 Å². The molecule has 1 N–H and O–H groups in total. The Morgan fingerprint density at radius 2 is 1.94 bits per heavy atom. The first-order valence-corrected chi connectivity index (χ1v) is 11.1. The molecule has 0 aromatic carbocycles. The molecule has 6 nitrogen and oxygen atoms in total. The molecule has 172 valence electrons. The van der Waals surface area contributed by atoms with E-state index in [1.54, 1.807) is 20.0 Å². The highest BCUT2D eigenvalue weighted by Crippen LogP contribution is 2.27. The van der Waals surface area contributed by atoms with E-state index in [4.69, 9.17) is 4.74 Å². The van der Waals surface area contributed by atoms with Crippen molar-refractivity contribution >= 4 is 6.09 Å². The van der Waals surface area contributed by atoms with Gasteiger partial charge in [0.2, 0.25) is 0 Å². The highest BCUT2D eigenvalue weighted by atomic mass is 16.6. The Bertz CT molecular complexity index is 819. The van der Waals surface area contributed by atoms with Crippen LogP contribution in [0.1, 0.15) is 79.5 Å². The van der Waals surface area contributed by atoms with Gasteiger partial charge in [-0.3, -0.25) is 9.80 Å². The molecule has 1 aliphatic heterocycles. The molecule has 1 atom stereocenters. The maximum absolute atomic E-state index is 13.0. The van der Waals surface area contributed by atoms with E-state index in [1.807, 2.05) is 37.8 Å². The van der Waals surface area contributed by atoms with Crippen LogP contribution in [0.2, 0.25) is 0 Å². The number of nitrogens with zero attached hydrogens (tertiary/aromatic N) is 3. The maximum Gasteiger partial charge on any atom is 0.411 e. The topological polar surface area (TPSA) is 65.9 Å². The van der Waals surface area contributed by atoms with Gasteiger partial charge in [0.15, 0.2) is 0 Å². The Labute approximate surface area is 188 Å². The maximum atomic E-state index is 13.0. The number of hydrogen-bond donors (Lipinski definition) is 1. The van der Waals surface area contributed by atoms with Gasteiger partial charge in [-0.05, 0) is 98.4 Å². The van der Waals surface area contributed by atoms with E-state index in [9.17, 15) is 9.90 Å². The van der Waals surface area contributed by atoms with Gasteiger partial charge >= 0.3 is 6.09 Å². The molecule has 31 heavy (non-hydrogen) atoms. The minimum Gasteiger partial charge on any atom is -0.444 e. The van der Waals surface area contributed by atoms with Crippen LogP contribution in [-0.2, 0) is 11.3 Å². The van der Waals surface area contributed by atoms with Crippen LogP contribution in [0.4, 0.5) is 4.79 Å². The van der Waals surface area contributed by atoms with Gasteiger partial charge < -0.3 is 9.84 Å². The average molecular weight is 430 g/mol. The third kappa shape index (κ3) is 8.51. The smallest absolute Gasteiger partial charge is 0.411 e. The van der Waals surface area contributed by atoms with E-state index in [-0.39, 0.29) is 17.7 Å². The molecule has 1 fully saturated rings. The van der Waals surface area contributed by atoms with E-state index < -0.39 is 11.2 Å². The summed E-state index contributed by atoms with van der Waals surface area (Å²) < 4.78 is 5.73. The van der Waals surface area contributed by atoms with Crippen LogP contribution >= 0.6 is 0 Å². The Kier molecular flexibility index (Phi) is 7.78. The van der Waals surface area contributed by atoms with Crippen LogP contribution in [0.3, 0.4) is 0 Å². The fourth-order valence-electron chi connectivity index (χ4n) is 3.78. The first kappa shape index (κ1) is 25.2. The van der Waals surface area contributed by atoms with E-state index in [0.29, 0.717) is 5.69 Å². The molecule has 0 bridgehead atoms. The van der Waals surface area contributed by atoms with Gasteiger partial charge in [-0.15, -0.1) is 0 Å². The summed E-state index contributed by atoms with van der Waals surface area (Å²) in [6.07, 6.45) is 3.50. The Morgan fingerprint density at radius 1 is 1.26 bits per heavy atom. The second-order valence-electron chi connectivity index (χ2n) is 10.9. The molecule has 1 aliphatic rings. The summed E-state index contributed by atoms with van der Waals surface area (Å²) in [6.45, 7) is 17.8. The number of aromatic nitrogens is 1. The lowest BCUT2D eigenvalue weighted by molar-refractivity contribution is -0.0205. The highest BCUT2D eigenvalue weighted by Gasteiger charge is 2.38. The Hall–Kier alpha value is -2.10. The monoisotopic (exact) mass is 429 g/mol. The molecule has 6 heteroatoms. The van der Waals surface area contributed by atoms with Gasteiger partial charge in [-0.2, -0.15) is 0 Å². The van der Waals surface area contributed by atoms with Crippen molar-refractivity contribution in [3.63, 3.8) is 0 Å². The molecule has 0 saturated carbocycles. The summed E-state index contributed by atoms with van der Waals surface area (Å²) in [5, 5.41) is 9.82. The zero-order valence-electron chi connectivity index (χ0n) is 20.5. The van der Waals surface area contributed by atoms with Crippen molar-refractivity contribution in [2.45, 2.75) is 97.6 Å². The summed E-state index contributed by atoms with van der Waals surface area (Å²) >= 11 is 0. The molecular formula is C25H39N3O3. The first-order valence-electron chi connectivity index (χ1n) is 11.1. The zero-order valence-corrected chi connectivity index (χ0v) is 20.5. The molecule has 0 radical (unpaired) electrons. The van der Waals surface area contributed by atoms with Gasteiger partial charge in [-0.1, -0.05) is 5.92 Å². The SMILES string of the molecule is CC(C)(O)C#Cc1cc(CN2CCC[C@@H](N(C(=O)OC(C)(C)C)C(C)(C)C)C2)ccn1. The lowest BCUT2D eigenvalue weighted by atomic mass is 9.97. The summed E-state index contributed by atoms with van der Waals surface area (Å²) in [7, 11) is 0. The van der Waals surface area contributed by atoms with E-state index in [0.717, 1.165) is 38.0 Å². The van der Waals surface area contributed by atoms with Crippen molar-refractivity contribution < 1.29 is 14.6 Å². The second kappa shape index (κ2) is 9.58. The summed E-state index contributed by atoms with van der Waals surface area (Å²) in [6, 6.07) is 4.06. The molecule has 0 aliphatic carbocycles. The first-order chi connectivity index (χ1) is 14.1. The van der Waals surface area contributed by atoms with Crippen molar-refractivity contribution in [3.05, 3.63) is 29.6 Å². The number of piperidine rings is 1. The van der Waals surface area contributed by atoms with Crippen LogP contribution in [0.5, 0.6) is 0 Å². The molecular weight excluding hydrogens is 390 g/mol. The number of carbonyl (C=O) groups excluding carboxylic acids is 1. The standard InChI is InChI=1S/C25H39N3O3/c1-23(2,3)28(22(29)31-24(4,5)6)21-10-9-15-27(18-21)17-19-12-14-26-20(16-19)11-13-25(7,8)30/h12,14,16,21,30H,9-10,15,17-18H2,1-8H3/t21-/m1/s1. The molecule has 1 amide bonds. The summed E-state index contributed by atoms with van der Waals surface area (Å²) in [4.78, 5) is 21.6. The number of rotatable bonds is 3. The molecule has 0 unspecified atom stereocenters. The molecule has 2 rings (SSSR count). The number of amides is 1. The van der Waals surface area contributed by atoms with Crippen LogP contribution in [0, 0.1) is 11.8 Å². The lowest BCUT2D eigenvalue weighted by Gasteiger charge is -2.45. The van der Waals surface area contributed by atoms with E-state index in [2.05, 4.69) is 42.5 Å². The average Bonchev–Trinajstić information content (AvgIpc) is 2.57. The van der Waals surface area contributed by atoms with Crippen molar-refractivity contribution in [1.29, 1.82) is 0 Å². The molecule has 1 aromatic rings. The normalized spacial score (nSPS) is 18.2. The van der Waals surface area contributed by atoms with Crippen LogP contribution in [-0.4, -0.2) is 61.9 Å². The van der Waals surface area contributed by atoms with Crippen molar-refractivity contribution in [3.8, 4) is 11.8 Å². The van der Waals surface area contributed by atoms with Gasteiger partial charge in [0.05, 0.1) is 0 Å². The fraction of sp³-hybridized carbons (Fsp3) is 0.680. The third-order valence-electron chi connectivity index (χ3n) is 4.89. The quantitative estimate of drug-likeness (QED) is 0.730. The van der Waals surface area contributed by atoms with Crippen LogP contribution in [0.25, 0.3) is 0 Å². The number of aliphatic hydroxyl groups is 1. The Balaban J connectivity index is 2.14. The fourth-order valence-corrected chi connectivity index (χ4v) is 3.78. The lowest BCUT2D eigenvalue weighted by Crippen LogP contribution is -2.57. The predicted octanol–water partition coefficient (Wildman–Crippen LogP) is 4.20. The largest absolute Gasteiger partial charge is 0.444 e. The molecule has 0 spiro atoms. The zero-order chi connectivity index (χ0) is 23.4. The predicted molar refractivity (Wildman–Crippen MR) is 124 cm³/mol. The summed E-state index contributed by atoms with van der Waals surface area (Å²) in [5.41, 5.74) is -0.122. The second-order valence-corrected chi connectivity index (χ2v) is 10.9. The van der Waals surface area contributed by atoms with Gasteiger partial charge in [0.1, 0.15) is 16.9 Å². The van der Waals surface area contributed by atoms with Gasteiger partial charge in [0, 0.05) is 30.9 Å². The highest BCUT2D eigenvalue weighted by molar-refractivity contribution is 5.69. The minimum atomic E-state index is -1.05. The van der Waals surface area contributed by atoms with Crippen LogP contribution in [0.15, 0.2) is 18.3 Å². The number of ether oxygens (including phenoxy) is 1.